The zero-order valence-corrected chi connectivity index (χ0v) is 14.2. The third-order valence-electron chi connectivity index (χ3n) is 3.30. The Labute approximate surface area is 149 Å². The molecule has 0 spiro atoms. The second-order valence-electron chi connectivity index (χ2n) is 5.10. The van der Waals surface area contributed by atoms with E-state index < -0.39 is 18.2 Å². The lowest BCUT2D eigenvalue weighted by molar-refractivity contribution is -0.129. The van der Waals surface area contributed by atoms with Crippen molar-refractivity contribution in [3.05, 3.63) is 58.0 Å². The third-order valence-corrected chi connectivity index (χ3v) is 4.49. The first-order valence-corrected chi connectivity index (χ1v) is 8.55. The van der Waals surface area contributed by atoms with Crippen LogP contribution in [0.2, 0.25) is 5.02 Å². The summed E-state index contributed by atoms with van der Waals surface area (Å²) in [6.07, 6.45) is -3.77. The Morgan fingerprint density at radius 1 is 1.16 bits per heavy atom. The molecule has 3 aromatic rings. The minimum absolute atomic E-state index is 0.151. The largest absolute Gasteiger partial charge is 0.389 e. The van der Waals surface area contributed by atoms with Crippen LogP contribution >= 0.6 is 23.4 Å². The van der Waals surface area contributed by atoms with Gasteiger partial charge in [-0.05, 0) is 36.4 Å². The molecule has 0 fully saturated rings. The van der Waals surface area contributed by atoms with Gasteiger partial charge >= 0.3 is 6.18 Å². The Morgan fingerprint density at radius 3 is 2.56 bits per heavy atom. The Morgan fingerprint density at radius 2 is 1.88 bits per heavy atom. The molecule has 3 rings (SSSR count). The number of fused-ring (bicyclic) bond motifs is 1. The number of hydrogen-bond donors (Lipinski definition) is 0. The fourth-order valence-electron chi connectivity index (χ4n) is 2.17. The van der Waals surface area contributed by atoms with Gasteiger partial charge < -0.3 is 0 Å². The van der Waals surface area contributed by atoms with E-state index in [1.165, 1.54) is 10.8 Å². The zero-order valence-electron chi connectivity index (χ0n) is 12.6. The average Bonchev–Trinajstić information content (AvgIpc) is 2.55. The van der Waals surface area contributed by atoms with Gasteiger partial charge in [-0.3, -0.25) is 9.36 Å². The molecule has 4 nitrogen and oxygen atoms in total. The van der Waals surface area contributed by atoms with Crippen molar-refractivity contribution in [2.45, 2.75) is 17.8 Å². The number of benzene rings is 1. The Bertz CT molecular complexity index is 957. The molecule has 2 heterocycles. The fraction of sp³-hybridized carbons (Fsp3) is 0.188. The lowest BCUT2D eigenvalue weighted by Crippen LogP contribution is -2.22. The molecule has 0 saturated carbocycles. The Balaban J connectivity index is 2.10. The van der Waals surface area contributed by atoms with E-state index in [-0.39, 0.29) is 16.4 Å². The predicted molar refractivity (Wildman–Crippen MR) is 91.5 cm³/mol. The molecule has 0 aliphatic rings. The van der Waals surface area contributed by atoms with Crippen LogP contribution in [0.25, 0.3) is 16.7 Å². The molecular formula is C16H11ClF3N3OS. The quantitative estimate of drug-likeness (QED) is 0.491. The van der Waals surface area contributed by atoms with Crippen LogP contribution < -0.4 is 5.56 Å². The van der Waals surface area contributed by atoms with Gasteiger partial charge in [0.05, 0.1) is 17.6 Å². The summed E-state index contributed by atoms with van der Waals surface area (Å²) in [7, 11) is 0. The highest BCUT2D eigenvalue weighted by atomic mass is 35.5. The number of nitrogens with zero attached hydrogens (tertiary/aromatic N) is 3. The van der Waals surface area contributed by atoms with E-state index in [0.717, 1.165) is 11.8 Å². The topological polar surface area (TPSA) is 47.8 Å². The minimum Gasteiger partial charge on any atom is -0.266 e. The predicted octanol–water partition coefficient (Wildman–Crippen LogP) is 4.48. The van der Waals surface area contributed by atoms with Gasteiger partial charge in [-0.2, -0.15) is 13.2 Å². The third kappa shape index (κ3) is 4.13. The highest BCUT2D eigenvalue weighted by Gasteiger charge is 2.27. The Kier molecular flexibility index (Phi) is 5.01. The van der Waals surface area contributed by atoms with E-state index in [1.54, 1.807) is 36.4 Å². The summed E-state index contributed by atoms with van der Waals surface area (Å²) in [4.78, 5) is 21.1. The number of thioether (sulfide) groups is 1. The highest BCUT2D eigenvalue weighted by Crippen LogP contribution is 2.27. The SMILES string of the molecule is O=c1c2ncccc2nc(SCCC(F)(F)F)n1-c1ccc(Cl)cc1. The van der Waals surface area contributed by atoms with E-state index in [1.807, 2.05) is 0 Å². The van der Waals surface area contributed by atoms with Crippen molar-refractivity contribution in [2.24, 2.45) is 0 Å². The van der Waals surface area contributed by atoms with Gasteiger partial charge in [-0.25, -0.2) is 9.97 Å². The van der Waals surface area contributed by atoms with Gasteiger partial charge in [0.15, 0.2) is 10.7 Å². The van der Waals surface area contributed by atoms with Crippen molar-refractivity contribution < 1.29 is 13.2 Å². The molecule has 130 valence electrons. The van der Waals surface area contributed by atoms with E-state index in [9.17, 15) is 18.0 Å². The average molecular weight is 386 g/mol. The first-order chi connectivity index (χ1) is 11.8. The van der Waals surface area contributed by atoms with Crippen LogP contribution in [0.4, 0.5) is 13.2 Å². The summed E-state index contributed by atoms with van der Waals surface area (Å²) in [5.74, 6) is -0.241. The van der Waals surface area contributed by atoms with Crippen molar-refractivity contribution in [3.63, 3.8) is 0 Å². The van der Waals surface area contributed by atoms with Crippen molar-refractivity contribution in [1.29, 1.82) is 0 Å². The summed E-state index contributed by atoms with van der Waals surface area (Å²) in [5, 5.41) is 0.659. The van der Waals surface area contributed by atoms with Crippen molar-refractivity contribution >= 4 is 34.4 Å². The van der Waals surface area contributed by atoms with Crippen molar-refractivity contribution in [1.82, 2.24) is 14.5 Å². The molecule has 2 aromatic heterocycles. The maximum absolute atomic E-state index is 12.8. The van der Waals surface area contributed by atoms with Crippen LogP contribution in [0, 0.1) is 0 Å². The molecule has 0 radical (unpaired) electrons. The van der Waals surface area contributed by atoms with Crippen LogP contribution in [-0.4, -0.2) is 26.5 Å². The number of rotatable bonds is 4. The smallest absolute Gasteiger partial charge is 0.266 e. The maximum Gasteiger partial charge on any atom is 0.389 e. The normalized spacial score (nSPS) is 11.8. The minimum atomic E-state index is -4.27. The number of aromatic nitrogens is 3. The summed E-state index contributed by atoms with van der Waals surface area (Å²) in [6, 6.07) is 9.61. The van der Waals surface area contributed by atoms with Crippen LogP contribution in [0.1, 0.15) is 6.42 Å². The van der Waals surface area contributed by atoms with Gasteiger partial charge in [0.25, 0.3) is 5.56 Å². The van der Waals surface area contributed by atoms with Crippen LogP contribution in [0.5, 0.6) is 0 Å². The fourth-order valence-corrected chi connectivity index (χ4v) is 3.29. The highest BCUT2D eigenvalue weighted by molar-refractivity contribution is 7.99. The molecule has 0 N–H and O–H groups in total. The van der Waals surface area contributed by atoms with Crippen LogP contribution in [0.3, 0.4) is 0 Å². The second-order valence-corrected chi connectivity index (χ2v) is 6.59. The number of pyridine rings is 1. The first-order valence-electron chi connectivity index (χ1n) is 7.18. The summed E-state index contributed by atoms with van der Waals surface area (Å²) < 4.78 is 38.6. The number of halogens is 4. The molecule has 0 amide bonds. The number of hydrogen-bond acceptors (Lipinski definition) is 4. The number of alkyl halides is 3. The lowest BCUT2D eigenvalue weighted by Gasteiger charge is -2.13. The standard InChI is InChI=1S/C16H11ClF3N3OS/c17-10-3-5-11(6-4-10)23-14(24)13-12(2-1-8-21-13)22-15(23)25-9-7-16(18,19)20/h1-6,8H,7,9H2. The van der Waals surface area contributed by atoms with E-state index in [2.05, 4.69) is 9.97 Å². The van der Waals surface area contributed by atoms with Crippen LogP contribution in [0.15, 0.2) is 52.5 Å². The molecule has 25 heavy (non-hydrogen) atoms. The first kappa shape index (κ1) is 17.8. The summed E-state index contributed by atoms with van der Waals surface area (Å²) >= 11 is 6.74. The monoisotopic (exact) mass is 385 g/mol. The van der Waals surface area contributed by atoms with Gasteiger partial charge in [0, 0.05) is 17.0 Å². The molecule has 0 bridgehead atoms. The molecule has 9 heteroatoms. The van der Waals surface area contributed by atoms with Gasteiger partial charge in [-0.15, -0.1) is 0 Å². The van der Waals surface area contributed by atoms with E-state index in [4.69, 9.17) is 11.6 Å². The summed E-state index contributed by atoms with van der Waals surface area (Å²) in [5.41, 5.74) is 0.510. The van der Waals surface area contributed by atoms with Gasteiger partial charge in [-0.1, -0.05) is 23.4 Å². The van der Waals surface area contributed by atoms with Crippen LogP contribution in [-0.2, 0) is 0 Å². The molecule has 0 saturated heterocycles. The molecule has 0 aliphatic carbocycles. The zero-order chi connectivity index (χ0) is 18.0. The van der Waals surface area contributed by atoms with Gasteiger partial charge in [0.2, 0.25) is 0 Å². The second kappa shape index (κ2) is 7.05. The Hall–Kier alpha value is -2.06. The van der Waals surface area contributed by atoms with Crippen molar-refractivity contribution in [3.8, 4) is 5.69 Å². The van der Waals surface area contributed by atoms with Gasteiger partial charge in [0.1, 0.15) is 0 Å². The lowest BCUT2D eigenvalue weighted by atomic mass is 10.3. The van der Waals surface area contributed by atoms with E-state index >= 15 is 0 Å². The summed E-state index contributed by atoms with van der Waals surface area (Å²) in [6.45, 7) is 0. The molecule has 0 unspecified atom stereocenters. The molecule has 0 atom stereocenters. The molecule has 0 aliphatic heterocycles. The molecule has 1 aromatic carbocycles. The molecular weight excluding hydrogens is 375 g/mol. The van der Waals surface area contributed by atoms with Crippen molar-refractivity contribution in [2.75, 3.05) is 5.75 Å². The maximum atomic E-state index is 12.8. The van der Waals surface area contributed by atoms with E-state index in [0.29, 0.717) is 16.2 Å².